The highest BCUT2D eigenvalue weighted by molar-refractivity contribution is 6.09. The minimum atomic E-state index is -0.917. The number of carbonyl (C=O) groups excluding carboxylic acids is 2. The molecule has 2 aliphatic rings. The molecule has 2 heterocycles. The van der Waals surface area contributed by atoms with Crippen LogP contribution in [0.5, 0.6) is 0 Å². The molecule has 140 valence electrons. The lowest BCUT2D eigenvalue weighted by Crippen LogP contribution is -2.37. The van der Waals surface area contributed by atoms with Crippen LogP contribution in [0.4, 0.5) is 4.39 Å². The van der Waals surface area contributed by atoms with E-state index < -0.39 is 23.5 Å². The van der Waals surface area contributed by atoms with Gasteiger partial charge in [-0.1, -0.05) is 32.0 Å². The zero-order chi connectivity index (χ0) is 18.8. The third kappa shape index (κ3) is 3.51. The molecular weight excluding hydrogens is 337 g/mol. The van der Waals surface area contributed by atoms with Crippen LogP contribution in [0.1, 0.15) is 44.7 Å². The van der Waals surface area contributed by atoms with Crippen LogP contribution in [-0.2, 0) is 14.3 Å². The average molecular weight is 361 g/mol. The monoisotopic (exact) mass is 361 g/mol. The van der Waals surface area contributed by atoms with Crippen molar-refractivity contribution >= 4 is 11.7 Å². The number of aliphatic hydroxyl groups is 1. The van der Waals surface area contributed by atoms with Gasteiger partial charge in [0.1, 0.15) is 5.82 Å². The van der Waals surface area contributed by atoms with Crippen LogP contribution in [0.3, 0.4) is 0 Å². The summed E-state index contributed by atoms with van der Waals surface area (Å²) in [5.74, 6) is -1.98. The van der Waals surface area contributed by atoms with Crippen molar-refractivity contribution in [2.24, 2.45) is 5.92 Å². The smallest absolute Gasteiger partial charge is 0.290 e. The first kappa shape index (κ1) is 18.6. The second-order valence-corrected chi connectivity index (χ2v) is 7.30. The minimum absolute atomic E-state index is 0.00760. The highest BCUT2D eigenvalue weighted by Crippen LogP contribution is 2.40. The SMILES string of the molecule is CC(C)CC(=O)C1=C(O)C(=O)N(CC2CCCO2)C1c1ccccc1F. The van der Waals surface area contributed by atoms with Gasteiger partial charge in [-0.05, 0) is 24.8 Å². The first-order chi connectivity index (χ1) is 12.4. The molecule has 6 heteroatoms. The Kier molecular flexibility index (Phi) is 5.41. The quantitative estimate of drug-likeness (QED) is 0.844. The Labute approximate surface area is 152 Å². The van der Waals surface area contributed by atoms with Gasteiger partial charge in [0.2, 0.25) is 0 Å². The number of hydrogen-bond acceptors (Lipinski definition) is 4. The predicted octanol–water partition coefficient (Wildman–Crippen LogP) is 3.32. The van der Waals surface area contributed by atoms with Gasteiger partial charge in [0.15, 0.2) is 11.5 Å². The number of carbonyl (C=O) groups is 2. The van der Waals surface area contributed by atoms with Crippen LogP contribution < -0.4 is 0 Å². The summed E-state index contributed by atoms with van der Waals surface area (Å²) in [5.41, 5.74) is 0.210. The maximum Gasteiger partial charge on any atom is 0.290 e. The molecule has 26 heavy (non-hydrogen) atoms. The Bertz CT molecular complexity index is 737. The van der Waals surface area contributed by atoms with Gasteiger partial charge < -0.3 is 14.7 Å². The van der Waals surface area contributed by atoms with Crippen LogP contribution in [0.25, 0.3) is 0 Å². The number of nitrogens with zero attached hydrogens (tertiary/aromatic N) is 1. The molecule has 1 aromatic rings. The molecule has 2 atom stereocenters. The van der Waals surface area contributed by atoms with Crippen molar-refractivity contribution in [3.8, 4) is 0 Å². The van der Waals surface area contributed by atoms with Crippen molar-refractivity contribution in [3.63, 3.8) is 0 Å². The van der Waals surface area contributed by atoms with Crippen LogP contribution >= 0.6 is 0 Å². The molecule has 2 aliphatic heterocycles. The van der Waals surface area contributed by atoms with Crippen LogP contribution in [0.15, 0.2) is 35.6 Å². The van der Waals surface area contributed by atoms with Crippen LogP contribution in [0, 0.1) is 11.7 Å². The van der Waals surface area contributed by atoms with Crippen molar-refractivity contribution in [1.29, 1.82) is 0 Å². The fourth-order valence-electron chi connectivity index (χ4n) is 3.64. The summed E-state index contributed by atoms with van der Waals surface area (Å²) < 4.78 is 20.1. The molecule has 5 nitrogen and oxygen atoms in total. The number of benzene rings is 1. The molecule has 0 aliphatic carbocycles. The Balaban J connectivity index is 2.01. The van der Waals surface area contributed by atoms with E-state index in [-0.39, 0.29) is 41.9 Å². The van der Waals surface area contributed by atoms with Gasteiger partial charge in [-0.15, -0.1) is 0 Å². The second kappa shape index (κ2) is 7.58. The van der Waals surface area contributed by atoms with Gasteiger partial charge in [-0.2, -0.15) is 0 Å². The molecule has 1 N–H and O–H groups in total. The van der Waals surface area contributed by atoms with Crippen molar-refractivity contribution in [3.05, 3.63) is 47.0 Å². The fraction of sp³-hybridized carbons (Fsp3) is 0.500. The number of aliphatic hydroxyl groups excluding tert-OH is 1. The molecule has 1 aromatic carbocycles. The van der Waals surface area contributed by atoms with Crippen LogP contribution in [0.2, 0.25) is 0 Å². The number of rotatable bonds is 6. The number of halogens is 1. The van der Waals surface area contributed by atoms with Crippen LogP contribution in [-0.4, -0.2) is 41.0 Å². The summed E-state index contributed by atoms with van der Waals surface area (Å²) in [6.45, 7) is 4.61. The summed E-state index contributed by atoms with van der Waals surface area (Å²) in [4.78, 5) is 26.8. The van der Waals surface area contributed by atoms with E-state index in [9.17, 15) is 19.1 Å². The summed E-state index contributed by atoms with van der Waals surface area (Å²) in [7, 11) is 0. The Morgan fingerprint density at radius 2 is 2.12 bits per heavy atom. The lowest BCUT2D eigenvalue weighted by molar-refractivity contribution is -0.131. The number of amides is 1. The van der Waals surface area contributed by atoms with Crippen molar-refractivity contribution in [1.82, 2.24) is 4.90 Å². The Morgan fingerprint density at radius 3 is 2.73 bits per heavy atom. The summed E-state index contributed by atoms with van der Waals surface area (Å²) in [6, 6.07) is 5.15. The average Bonchev–Trinajstić information content (AvgIpc) is 3.17. The summed E-state index contributed by atoms with van der Waals surface area (Å²) in [5, 5.41) is 10.4. The van der Waals surface area contributed by atoms with Crippen molar-refractivity contribution in [2.45, 2.75) is 45.3 Å². The first-order valence-electron chi connectivity index (χ1n) is 9.03. The first-order valence-corrected chi connectivity index (χ1v) is 9.03. The van der Waals surface area contributed by atoms with E-state index in [1.165, 1.54) is 11.0 Å². The number of ketones is 1. The number of hydrogen-bond donors (Lipinski definition) is 1. The zero-order valence-corrected chi connectivity index (χ0v) is 15.1. The van der Waals surface area contributed by atoms with Gasteiger partial charge >= 0.3 is 0 Å². The lowest BCUT2D eigenvalue weighted by atomic mass is 9.92. The standard InChI is InChI=1S/C20H24FNO4/c1-12(2)10-16(23)17-18(14-7-3-4-8-15(14)21)22(20(25)19(17)24)11-13-6-5-9-26-13/h3-4,7-8,12-13,18,24H,5-6,9-11H2,1-2H3. The summed E-state index contributed by atoms with van der Waals surface area (Å²) >= 11 is 0. The van der Waals surface area contributed by atoms with E-state index >= 15 is 0 Å². The van der Waals surface area contributed by atoms with Gasteiger partial charge in [-0.25, -0.2) is 4.39 Å². The summed E-state index contributed by atoms with van der Waals surface area (Å²) in [6.07, 6.45) is 1.71. The molecule has 0 aromatic heterocycles. The highest BCUT2D eigenvalue weighted by Gasteiger charge is 2.45. The third-order valence-electron chi connectivity index (χ3n) is 4.82. The second-order valence-electron chi connectivity index (χ2n) is 7.30. The molecular formula is C20H24FNO4. The zero-order valence-electron chi connectivity index (χ0n) is 15.1. The van der Waals surface area contributed by atoms with E-state index in [1.54, 1.807) is 18.2 Å². The van der Waals surface area contributed by atoms with Crippen molar-refractivity contribution in [2.75, 3.05) is 13.2 Å². The number of ether oxygens (including phenoxy) is 1. The van der Waals surface area contributed by atoms with Gasteiger partial charge in [0, 0.05) is 25.1 Å². The highest BCUT2D eigenvalue weighted by atomic mass is 19.1. The van der Waals surface area contributed by atoms with E-state index in [4.69, 9.17) is 4.74 Å². The molecule has 3 rings (SSSR count). The molecule has 1 fully saturated rings. The van der Waals surface area contributed by atoms with E-state index in [0.717, 1.165) is 12.8 Å². The van der Waals surface area contributed by atoms with E-state index in [2.05, 4.69) is 0 Å². The van der Waals surface area contributed by atoms with Gasteiger partial charge in [0.25, 0.3) is 5.91 Å². The lowest BCUT2D eigenvalue weighted by Gasteiger charge is -2.29. The Morgan fingerprint density at radius 1 is 1.38 bits per heavy atom. The maximum atomic E-state index is 14.5. The normalized spacial score (nSPS) is 23.4. The fourth-order valence-corrected chi connectivity index (χ4v) is 3.64. The van der Waals surface area contributed by atoms with Crippen molar-refractivity contribution < 1.29 is 23.8 Å². The van der Waals surface area contributed by atoms with E-state index in [0.29, 0.717) is 6.61 Å². The molecule has 1 saturated heterocycles. The topological polar surface area (TPSA) is 66.8 Å². The van der Waals surface area contributed by atoms with Gasteiger partial charge in [-0.3, -0.25) is 9.59 Å². The predicted molar refractivity (Wildman–Crippen MR) is 93.9 cm³/mol. The molecule has 0 spiro atoms. The number of Topliss-reactive ketones (excluding diaryl/α,β-unsaturated/α-hetero) is 1. The molecule has 0 saturated carbocycles. The molecule has 0 radical (unpaired) electrons. The van der Waals surface area contributed by atoms with E-state index in [1.807, 2.05) is 13.8 Å². The third-order valence-corrected chi connectivity index (χ3v) is 4.82. The van der Waals surface area contributed by atoms with Gasteiger partial charge in [0.05, 0.1) is 17.7 Å². The molecule has 2 unspecified atom stereocenters. The maximum absolute atomic E-state index is 14.5. The molecule has 0 bridgehead atoms. The largest absolute Gasteiger partial charge is 0.503 e. The molecule has 1 amide bonds. The minimum Gasteiger partial charge on any atom is -0.503 e. The Hall–Kier alpha value is -2.21.